The van der Waals surface area contributed by atoms with Gasteiger partial charge >= 0.3 is 11.9 Å². The van der Waals surface area contributed by atoms with Gasteiger partial charge in [-0.25, -0.2) is 9.59 Å². The molecule has 29 heavy (non-hydrogen) atoms. The second-order valence-corrected chi connectivity index (χ2v) is 7.80. The summed E-state index contributed by atoms with van der Waals surface area (Å²) in [5.41, 5.74) is 0.127. The molecule has 1 aromatic rings. The highest BCUT2D eigenvalue weighted by Gasteiger charge is 2.38. The van der Waals surface area contributed by atoms with Crippen LogP contribution in [0.5, 0.6) is 5.75 Å². The van der Waals surface area contributed by atoms with E-state index in [1.165, 1.54) is 24.3 Å². The number of carbonyl (C=O) groups is 2. The zero-order chi connectivity index (χ0) is 20.8. The fourth-order valence-corrected chi connectivity index (χ4v) is 4.03. The molecule has 1 fully saturated rings. The van der Waals surface area contributed by atoms with Crippen molar-refractivity contribution in [1.82, 2.24) is 0 Å². The summed E-state index contributed by atoms with van der Waals surface area (Å²) < 4.78 is 10.9. The smallest absolute Gasteiger partial charge is 0.342 e. The number of aromatic hydroxyl groups is 1. The third-order valence-corrected chi connectivity index (χ3v) is 5.57. The van der Waals surface area contributed by atoms with Crippen molar-refractivity contribution in [2.75, 3.05) is 0 Å². The molecule has 5 atom stereocenters. The molecule has 0 unspecified atom stereocenters. The molecular formula is C23H28O6. The number of ether oxygens (including phenoxy) is 2. The van der Waals surface area contributed by atoms with Crippen LogP contribution >= 0.6 is 0 Å². The molecule has 2 N–H and O–H groups in total. The fourth-order valence-electron chi connectivity index (χ4n) is 4.03. The van der Waals surface area contributed by atoms with Crippen molar-refractivity contribution in [2.24, 2.45) is 11.8 Å². The molecule has 1 aliphatic heterocycles. The lowest BCUT2D eigenvalue weighted by atomic mass is 9.90. The van der Waals surface area contributed by atoms with Crippen LogP contribution in [-0.4, -0.2) is 40.5 Å². The lowest BCUT2D eigenvalue weighted by molar-refractivity contribution is -0.142. The fraction of sp³-hybridized carbons (Fsp3) is 0.478. The number of fused-ring (bicyclic) bond motifs is 1. The first-order valence-electron chi connectivity index (χ1n) is 10.2. The summed E-state index contributed by atoms with van der Waals surface area (Å²) in [6.45, 7) is 1.86. The second-order valence-electron chi connectivity index (χ2n) is 7.80. The minimum absolute atomic E-state index is 0.0333. The van der Waals surface area contributed by atoms with E-state index in [1.807, 2.05) is 6.92 Å². The molecule has 156 valence electrons. The van der Waals surface area contributed by atoms with Crippen LogP contribution in [0, 0.1) is 11.8 Å². The Balaban J connectivity index is 1.71. The largest absolute Gasteiger partial charge is 0.507 e. The highest BCUT2D eigenvalue weighted by molar-refractivity contribution is 5.92. The quantitative estimate of drug-likeness (QED) is 0.583. The van der Waals surface area contributed by atoms with E-state index in [1.54, 1.807) is 12.1 Å². The average Bonchev–Trinajstić information content (AvgIpc) is 3.08. The lowest BCUT2D eigenvalue weighted by Gasteiger charge is -2.19. The molecule has 0 aromatic heterocycles. The Bertz CT molecular complexity index is 783. The first kappa shape index (κ1) is 21.1. The third-order valence-electron chi connectivity index (χ3n) is 5.57. The first-order valence-corrected chi connectivity index (χ1v) is 10.2. The van der Waals surface area contributed by atoms with Crippen molar-refractivity contribution in [3.63, 3.8) is 0 Å². The number of para-hydroxylation sites is 1. The van der Waals surface area contributed by atoms with Gasteiger partial charge in [0.1, 0.15) is 17.4 Å². The number of phenolic OH excluding ortho intramolecular Hbond substituents is 1. The van der Waals surface area contributed by atoms with Crippen LogP contribution in [0.2, 0.25) is 0 Å². The standard InChI is InChI=1S/C23H28O6/c1-15-7-3-2-4-8-16-13-17(14-19(16)21(25)11-12-22(26)28-15)29-23(27)18-9-5-6-10-20(18)24/h4-6,8-12,15-17,19,21,24-25H,2-3,7,13-14H2,1H3/b8-4+,12-11+/t15-,16+,17-,19+,21+/m0/s1. The highest BCUT2D eigenvalue weighted by atomic mass is 16.5. The SMILES string of the molecule is C[C@H]1CCC/C=C/[C@@H]2C[C@H](OC(=O)c3ccccc3O)C[C@H]2[C@H](O)/C=C/C(=O)O1. The third kappa shape index (κ3) is 5.70. The molecule has 0 amide bonds. The molecule has 0 bridgehead atoms. The molecular weight excluding hydrogens is 372 g/mol. The number of cyclic esters (lactones) is 1. The number of allylic oxidation sites excluding steroid dienone is 2. The van der Waals surface area contributed by atoms with E-state index in [9.17, 15) is 19.8 Å². The second kappa shape index (κ2) is 9.74. The van der Waals surface area contributed by atoms with Crippen LogP contribution in [0.25, 0.3) is 0 Å². The Hall–Kier alpha value is -2.60. The van der Waals surface area contributed by atoms with Gasteiger partial charge in [0.2, 0.25) is 0 Å². The Morgan fingerprint density at radius 3 is 2.79 bits per heavy atom. The van der Waals surface area contributed by atoms with Gasteiger partial charge in [0.15, 0.2) is 0 Å². The summed E-state index contributed by atoms with van der Waals surface area (Å²) in [5.74, 6) is -1.29. The van der Waals surface area contributed by atoms with E-state index in [-0.39, 0.29) is 35.4 Å². The summed E-state index contributed by atoms with van der Waals surface area (Å²) in [6.07, 6.45) is 9.15. The van der Waals surface area contributed by atoms with Crippen LogP contribution < -0.4 is 0 Å². The van der Waals surface area contributed by atoms with Crippen LogP contribution in [0.1, 0.15) is 49.4 Å². The van der Waals surface area contributed by atoms with E-state index in [0.29, 0.717) is 12.8 Å². The number of rotatable bonds is 2. The Morgan fingerprint density at radius 2 is 2.00 bits per heavy atom. The monoisotopic (exact) mass is 400 g/mol. The van der Waals surface area contributed by atoms with Crippen molar-refractivity contribution < 1.29 is 29.3 Å². The number of phenols is 1. The minimum atomic E-state index is -0.845. The van der Waals surface area contributed by atoms with Gasteiger partial charge in [0, 0.05) is 6.08 Å². The molecule has 0 spiro atoms. The molecule has 1 saturated carbocycles. The van der Waals surface area contributed by atoms with Gasteiger partial charge < -0.3 is 19.7 Å². The number of hydrogen-bond donors (Lipinski definition) is 2. The molecule has 1 heterocycles. The molecule has 6 nitrogen and oxygen atoms in total. The minimum Gasteiger partial charge on any atom is -0.507 e. The summed E-state index contributed by atoms with van der Waals surface area (Å²) in [5, 5.41) is 20.5. The number of benzene rings is 1. The van der Waals surface area contributed by atoms with Crippen LogP contribution in [0.3, 0.4) is 0 Å². The molecule has 3 rings (SSSR count). The maximum Gasteiger partial charge on any atom is 0.342 e. The summed E-state index contributed by atoms with van der Waals surface area (Å²) >= 11 is 0. The number of esters is 2. The molecule has 0 radical (unpaired) electrons. The van der Waals surface area contributed by atoms with E-state index in [4.69, 9.17) is 9.47 Å². The van der Waals surface area contributed by atoms with Crippen LogP contribution in [-0.2, 0) is 14.3 Å². The van der Waals surface area contributed by atoms with E-state index >= 15 is 0 Å². The lowest BCUT2D eigenvalue weighted by Crippen LogP contribution is -2.22. The summed E-state index contributed by atoms with van der Waals surface area (Å²) in [7, 11) is 0. The maximum atomic E-state index is 12.4. The zero-order valence-corrected chi connectivity index (χ0v) is 16.6. The molecule has 2 aliphatic rings. The predicted octanol–water partition coefficient (Wildman–Crippen LogP) is 3.53. The van der Waals surface area contributed by atoms with Gasteiger partial charge in [-0.3, -0.25) is 0 Å². The van der Waals surface area contributed by atoms with Crippen molar-refractivity contribution in [2.45, 2.75) is 57.3 Å². The van der Waals surface area contributed by atoms with E-state index < -0.39 is 18.0 Å². The van der Waals surface area contributed by atoms with Gasteiger partial charge in [-0.2, -0.15) is 0 Å². The Kier molecular flexibility index (Phi) is 7.09. The molecule has 1 aliphatic carbocycles. The predicted molar refractivity (Wildman–Crippen MR) is 107 cm³/mol. The number of hydrogen-bond acceptors (Lipinski definition) is 6. The van der Waals surface area contributed by atoms with Crippen molar-refractivity contribution >= 4 is 11.9 Å². The van der Waals surface area contributed by atoms with Gasteiger partial charge in [-0.05, 0) is 69.1 Å². The zero-order valence-electron chi connectivity index (χ0n) is 16.6. The topological polar surface area (TPSA) is 93.1 Å². The van der Waals surface area contributed by atoms with Crippen molar-refractivity contribution in [3.8, 4) is 5.75 Å². The Morgan fingerprint density at radius 1 is 1.21 bits per heavy atom. The van der Waals surface area contributed by atoms with Gasteiger partial charge in [-0.15, -0.1) is 0 Å². The van der Waals surface area contributed by atoms with Gasteiger partial charge in [-0.1, -0.05) is 24.3 Å². The first-order chi connectivity index (χ1) is 13.9. The van der Waals surface area contributed by atoms with Crippen molar-refractivity contribution in [3.05, 3.63) is 54.1 Å². The average molecular weight is 400 g/mol. The molecule has 1 aromatic carbocycles. The highest BCUT2D eigenvalue weighted by Crippen LogP contribution is 2.38. The summed E-state index contributed by atoms with van der Waals surface area (Å²) in [6, 6.07) is 6.27. The number of aliphatic hydroxyl groups excluding tert-OH is 1. The maximum absolute atomic E-state index is 12.4. The summed E-state index contributed by atoms with van der Waals surface area (Å²) in [4.78, 5) is 24.3. The van der Waals surface area contributed by atoms with E-state index in [2.05, 4.69) is 12.2 Å². The normalized spacial score (nSPS) is 32.6. The van der Waals surface area contributed by atoms with Gasteiger partial charge in [0.05, 0.1) is 12.2 Å². The molecule has 0 saturated heterocycles. The molecule has 6 heteroatoms. The number of carbonyl (C=O) groups excluding carboxylic acids is 2. The van der Waals surface area contributed by atoms with Gasteiger partial charge in [0.25, 0.3) is 0 Å². The van der Waals surface area contributed by atoms with E-state index in [0.717, 1.165) is 19.3 Å². The van der Waals surface area contributed by atoms with Crippen LogP contribution in [0.4, 0.5) is 0 Å². The Labute approximate surface area is 170 Å². The van der Waals surface area contributed by atoms with Crippen molar-refractivity contribution in [1.29, 1.82) is 0 Å². The number of aliphatic hydroxyl groups is 1. The van der Waals surface area contributed by atoms with Crippen LogP contribution in [0.15, 0.2) is 48.6 Å².